The molecule has 2 aromatic rings. The van der Waals surface area contributed by atoms with Crippen LogP contribution in [0.4, 0.5) is 0 Å². The summed E-state index contributed by atoms with van der Waals surface area (Å²) in [4.78, 5) is 13.5. The first-order valence-electron chi connectivity index (χ1n) is 9.74. The predicted molar refractivity (Wildman–Crippen MR) is 109 cm³/mol. The minimum absolute atomic E-state index is 0.527. The van der Waals surface area contributed by atoms with E-state index in [1.165, 1.54) is 27.8 Å². The highest BCUT2D eigenvalue weighted by molar-refractivity contribution is 5.87. The fourth-order valence-corrected chi connectivity index (χ4v) is 4.18. The number of nitrogens with zero attached hydrogens (tertiary/aromatic N) is 1. The molecule has 2 aromatic carbocycles. The Hall–Kier alpha value is -2.65. The van der Waals surface area contributed by atoms with Crippen LogP contribution in [0.5, 0.6) is 0 Å². The molecule has 0 aromatic heterocycles. The van der Waals surface area contributed by atoms with Crippen LogP contribution in [0.15, 0.2) is 66.3 Å². The van der Waals surface area contributed by atoms with Crippen molar-refractivity contribution < 1.29 is 9.90 Å². The van der Waals surface area contributed by atoms with Gasteiger partial charge in [0, 0.05) is 25.2 Å². The van der Waals surface area contributed by atoms with E-state index in [2.05, 4.69) is 59.5 Å². The number of hydrogen-bond acceptors (Lipinski definition) is 2. The van der Waals surface area contributed by atoms with Gasteiger partial charge in [-0.25, -0.2) is 4.79 Å². The molecule has 3 heteroatoms. The Kier molecular flexibility index (Phi) is 5.21. The Morgan fingerprint density at radius 3 is 2.26 bits per heavy atom. The Labute approximate surface area is 160 Å². The third kappa shape index (κ3) is 3.88. The quantitative estimate of drug-likeness (QED) is 0.884. The highest BCUT2D eigenvalue weighted by Gasteiger charge is 2.19. The van der Waals surface area contributed by atoms with Crippen molar-refractivity contribution in [3.8, 4) is 0 Å². The SMILES string of the molecule is O=C(O)C1=CCCN(CCC=C2c3ccccc3CCc3ccccc32)C1. The summed E-state index contributed by atoms with van der Waals surface area (Å²) in [6, 6.07) is 17.4. The second kappa shape index (κ2) is 7.93. The highest BCUT2D eigenvalue weighted by atomic mass is 16.4. The molecule has 1 aliphatic carbocycles. The molecule has 0 amide bonds. The van der Waals surface area contributed by atoms with Crippen LogP contribution in [0.3, 0.4) is 0 Å². The van der Waals surface area contributed by atoms with E-state index in [-0.39, 0.29) is 0 Å². The fraction of sp³-hybridized carbons (Fsp3) is 0.292. The third-order valence-electron chi connectivity index (χ3n) is 5.58. The summed E-state index contributed by atoms with van der Waals surface area (Å²) in [6.07, 6.45) is 8.10. The second-order valence-corrected chi connectivity index (χ2v) is 7.32. The molecule has 3 nitrogen and oxygen atoms in total. The van der Waals surface area contributed by atoms with Gasteiger partial charge in [0.1, 0.15) is 0 Å². The van der Waals surface area contributed by atoms with Crippen LogP contribution in [0.25, 0.3) is 5.57 Å². The molecule has 1 heterocycles. The molecule has 0 saturated carbocycles. The molecule has 4 rings (SSSR count). The number of carboxylic acid groups (broad SMARTS) is 1. The van der Waals surface area contributed by atoms with Crippen molar-refractivity contribution in [1.82, 2.24) is 4.90 Å². The van der Waals surface area contributed by atoms with E-state index in [9.17, 15) is 9.90 Å². The number of benzene rings is 2. The Bertz CT molecular complexity index is 861. The molecule has 1 N–H and O–H groups in total. The Morgan fingerprint density at radius 2 is 1.63 bits per heavy atom. The Balaban J connectivity index is 1.57. The van der Waals surface area contributed by atoms with E-state index in [0.29, 0.717) is 12.1 Å². The van der Waals surface area contributed by atoms with Crippen molar-refractivity contribution >= 4 is 11.5 Å². The van der Waals surface area contributed by atoms with Crippen LogP contribution < -0.4 is 0 Å². The topological polar surface area (TPSA) is 40.5 Å². The molecule has 1 aliphatic heterocycles. The average molecular weight is 359 g/mol. The van der Waals surface area contributed by atoms with Gasteiger partial charge >= 0.3 is 5.97 Å². The van der Waals surface area contributed by atoms with Crippen LogP contribution in [-0.4, -0.2) is 35.6 Å². The summed E-state index contributed by atoms with van der Waals surface area (Å²) in [5.41, 5.74) is 7.35. The lowest BCUT2D eigenvalue weighted by atomic mass is 9.93. The van der Waals surface area contributed by atoms with Gasteiger partial charge in [0.05, 0.1) is 0 Å². The predicted octanol–water partition coefficient (Wildman–Crippen LogP) is 4.32. The molecule has 2 aliphatic rings. The van der Waals surface area contributed by atoms with Gasteiger partial charge in [-0.2, -0.15) is 0 Å². The van der Waals surface area contributed by atoms with Crippen molar-refractivity contribution in [3.05, 3.63) is 88.5 Å². The van der Waals surface area contributed by atoms with Gasteiger partial charge in [-0.05, 0) is 53.5 Å². The van der Waals surface area contributed by atoms with E-state index in [0.717, 1.165) is 38.8 Å². The van der Waals surface area contributed by atoms with Crippen LogP contribution in [-0.2, 0) is 17.6 Å². The number of carboxylic acids is 1. The summed E-state index contributed by atoms with van der Waals surface area (Å²) in [6.45, 7) is 2.37. The molecular weight excluding hydrogens is 334 g/mol. The molecule has 0 fully saturated rings. The first kappa shape index (κ1) is 17.7. The summed E-state index contributed by atoms with van der Waals surface area (Å²) in [7, 11) is 0. The minimum Gasteiger partial charge on any atom is -0.478 e. The van der Waals surface area contributed by atoms with Crippen molar-refractivity contribution in [2.45, 2.75) is 25.7 Å². The van der Waals surface area contributed by atoms with Crippen LogP contribution >= 0.6 is 0 Å². The zero-order valence-corrected chi connectivity index (χ0v) is 15.5. The van der Waals surface area contributed by atoms with Gasteiger partial charge in [0.25, 0.3) is 0 Å². The molecule has 138 valence electrons. The van der Waals surface area contributed by atoms with Gasteiger partial charge in [-0.15, -0.1) is 0 Å². The lowest BCUT2D eigenvalue weighted by Crippen LogP contribution is -2.32. The number of hydrogen-bond donors (Lipinski definition) is 1. The molecule has 0 radical (unpaired) electrons. The minimum atomic E-state index is -0.787. The third-order valence-corrected chi connectivity index (χ3v) is 5.58. The van der Waals surface area contributed by atoms with Crippen molar-refractivity contribution in [3.63, 3.8) is 0 Å². The highest BCUT2D eigenvalue weighted by Crippen LogP contribution is 2.33. The largest absolute Gasteiger partial charge is 0.478 e. The van der Waals surface area contributed by atoms with Gasteiger partial charge in [0.15, 0.2) is 0 Å². The standard InChI is InChI=1S/C24H25NO2/c26-24(27)20-9-5-15-25(17-20)16-6-12-23-21-10-3-1-7-18(21)13-14-19-8-2-4-11-22(19)23/h1-4,7-12H,5-6,13-17H2,(H,26,27). The summed E-state index contributed by atoms with van der Waals surface area (Å²) in [5, 5.41) is 9.23. The Morgan fingerprint density at radius 1 is 1.00 bits per heavy atom. The van der Waals surface area contributed by atoms with Crippen LogP contribution in [0.2, 0.25) is 0 Å². The van der Waals surface area contributed by atoms with E-state index in [1.807, 2.05) is 6.08 Å². The molecule has 0 saturated heterocycles. The first-order chi connectivity index (χ1) is 13.2. The molecule has 27 heavy (non-hydrogen) atoms. The molecule has 0 spiro atoms. The molecule has 0 atom stereocenters. The van der Waals surface area contributed by atoms with Crippen molar-refractivity contribution in [2.75, 3.05) is 19.6 Å². The number of carbonyl (C=O) groups is 1. The van der Waals surface area contributed by atoms with E-state index in [1.54, 1.807) is 0 Å². The van der Waals surface area contributed by atoms with Gasteiger partial charge in [0.2, 0.25) is 0 Å². The van der Waals surface area contributed by atoms with Crippen molar-refractivity contribution in [2.24, 2.45) is 0 Å². The zero-order chi connectivity index (χ0) is 18.6. The fourth-order valence-electron chi connectivity index (χ4n) is 4.18. The van der Waals surface area contributed by atoms with E-state index in [4.69, 9.17) is 0 Å². The first-order valence-corrected chi connectivity index (χ1v) is 9.74. The lowest BCUT2D eigenvalue weighted by molar-refractivity contribution is -0.133. The molecule has 0 unspecified atom stereocenters. The molecular formula is C24H25NO2. The van der Waals surface area contributed by atoms with Gasteiger partial charge < -0.3 is 5.11 Å². The van der Waals surface area contributed by atoms with E-state index >= 15 is 0 Å². The zero-order valence-electron chi connectivity index (χ0n) is 15.5. The lowest BCUT2D eigenvalue weighted by Gasteiger charge is -2.25. The van der Waals surface area contributed by atoms with Gasteiger partial charge in [-0.1, -0.05) is 60.7 Å². The number of rotatable bonds is 4. The maximum absolute atomic E-state index is 11.2. The average Bonchev–Trinajstić information content (AvgIpc) is 2.86. The summed E-state index contributed by atoms with van der Waals surface area (Å²) >= 11 is 0. The maximum Gasteiger partial charge on any atom is 0.332 e. The second-order valence-electron chi connectivity index (χ2n) is 7.32. The monoisotopic (exact) mass is 359 g/mol. The van der Waals surface area contributed by atoms with E-state index < -0.39 is 5.97 Å². The maximum atomic E-state index is 11.2. The normalized spacial score (nSPS) is 16.7. The number of fused-ring (bicyclic) bond motifs is 2. The smallest absolute Gasteiger partial charge is 0.332 e. The van der Waals surface area contributed by atoms with Crippen LogP contribution in [0, 0.1) is 0 Å². The molecule has 0 bridgehead atoms. The van der Waals surface area contributed by atoms with Gasteiger partial charge in [-0.3, -0.25) is 4.90 Å². The number of aryl methyl sites for hydroxylation is 2. The summed E-state index contributed by atoms with van der Waals surface area (Å²) < 4.78 is 0. The summed E-state index contributed by atoms with van der Waals surface area (Å²) in [5.74, 6) is -0.787. The van der Waals surface area contributed by atoms with Crippen molar-refractivity contribution in [1.29, 1.82) is 0 Å². The van der Waals surface area contributed by atoms with Crippen LogP contribution in [0.1, 0.15) is 35.1 Å². The number of aliphatic carboxylic acids is 1.